The first kappa shape index (κ1) is 17.1. The molecule has 0 fully saturated rings. The van der Waals surface area contributed by atoms with Crippen LogP contribution in [0, 0.1) is 11.3 Å². The fraction of sp³-hybridized carbons (Fsp3) is 0.222. The van der Waals surface area contributed by atoms with E-state index in [0.29, 0.717) is 30.9 Å². The summed E-state index contributed by atoms with van der Waals surface area (Å²) in [6.07, 6.45) is 0. The minimum atomic E-state index is -0.137. The van der Waals surface area contributed by atoms with Crippen LogP contribution in [0.5, 0.6) is 0 Å². The zero-order valence-corrected chi connectivity index (χ0v) is 13.7. The van der Waals surface area contributed by atoms with Gasteiger partial charge in [0, 0.05) is 22.9 Å². The Kier molecular flexibility index (Phi) is 6.67. The molecule has 2 rings (SSSR count). The van der Waals surface area contributed by atoms with E-state index in [2.05, 4.69) is 11.4 Å². The van der Waals surface area contributed by atoms with E-state index in [1.807, 2.05) is 43.3 Å². The van der Waals surface area contributed by atoms with Crippen molar-refractivity contribution in [3.05, 3.63) is 59.7 Å². The molecule has 0 saturated carbocycles. The molecule has 0 unspecified atom stereocenters. The number of ether oxygens (including phenoxy) is 1. The van der Waals surface area contributed by atoms with E-state index in [1.165, 1.54) is 11.8 Å². The lowest BCUT2D eigenvalue weighted by Crippen LogP contribution is -2.27. The van der Waals surface area contributed by atoms with Crippen molar-refractivity contribution < 1.29 is 9.53 Å². The van der Waals surface area contributed by atoms with E-state index >= 15 is 0 Å². The largest absolute Gasteiger partial charge is 0.380 e. The molecule has 1 amide bonds. The van der Waals surface area contributed by atoms with Crippen LogP contribution >= 0.6 is 11.8 Å². The molecule has 0 aliphatic rings. The maximum Gasteiger partial charge on any atom is 0.252 e. The van der Waals surface area contributed by atoms with Gasteiger partial charge in [0.15, 0.2) is 0 Å². The van der Waals surface area contributed by atoms with Crippen molar-refractivity contribution in [1.29, 1.82) is 5.26 Å². The summed E-state index contributed by atoms with van der Waals surface area (Å²) in [5.74, 6) is -0.137. The Balaban J connectivity index is 2.14. The summed E-state index contributed by atoms with van der Waals surface area (Å²) in [7, 11) is 0. The van der Waals surface area contributed by atoms with Crippen LogP contribution in [-0.4, -0.2) is 25.7 Å². The van der Waals surface area contributed by atoms with Gasteiger partial charge in [0.25, 0.3) is 5.91 Å². The van der Waals surface area contributed by atoms with Crippen LogP contribution in [0.1, 0.15) is 22.8 Å². The van der Waals surface area contributed by atoms with E-state index < -0.39 is 0 Å². The van der Waals surface area contributed by atoms with Gasteiger partial charge in [0.2, 0.25) is 0 Å². The minimum absolute atomic E-state index is 0.137. The van der Waals surface area contributed by atoms with Gasteiger partial charge < -0.3 is 10.1 Å². The van der Waals surface area contributed by atoms with Crippen LogP contribution in [0.15, 0.2) is 58.3 Å². The van der Waals surface area contributed by atoms with Gasteiger partial charge >= 0.3 is 0 Å². The number of hydrogen-bond donors (Lipinski definition) is 1. The van der Waals surface area contributed by atoms with Gasteiger partial charge in [-0.3, -0.25) is 4.79 Å². The first-order valence-corrected chi connectivity index (χ1v) is 8.20. The average molecular weight is 326 g/mol. The molecule has 0 bridgehead atoms. The molecule has 0 aliphatic carbocycles. The number of hydrogen-bond acceptors (Lipinski definition) is 4. The number of rotatable bonds is 7. The van der Waals surface area contributed by atoms with Crippen molar-refractivity contribution in [2.75, 3.05) is 19.8 Å². The fourth-order valence-electron chi connectivity index (χ4n) is 1.99. The van der Waals surface area contributed by atoms with Gasteiger partial charge in [-0.05, 0) is 31.2 Å². The van der Waals surface area contributed by atoms with Crippen molar-refractivity contribution in [3.8, 4) is 6.07 Å². The molecule has 0 radical (unpaired) electrons. The highest BCUT2D eigenvalue weighted by atomic mass is 32.2. The van der Waals surface area contributed by atoms with Crippen molar-refractivity contribution in [1.82, 2.24) is 5.32 Å². The van der Waals surface area contributed by atoms with Crippen LogP contribution in [0.4, 0.5) is 0 Å². The Labute approximate surface area is 140 Å². The smallest absolute Gasteiger partial charge is 0.252 e. The second kappa shape index (κ2) is 8.99. The van der Waals surface area contributed by atoms with E-state index in [4.69, 9.17) is 4.74 Å². The zero-order valence-electron chi connectivity index (χ0n) is 12.9. The molecule has 23 heavy (non-hydrogen) atoms. The maximum atomic E-state index is 12.3. The summed E-state index contributed by atoms with van der Waals surface area (Å²) in [4.78, 5) is 14.0. The average Bonchev–Trinajstić information content (AvgIpc) is 2.59. The Morgan fingerprint density at radius 2 is 1.87 bits per heavy atom. The Morgan fingerprint density at radius 3 is 2.61 bits per heavy atom. The first-order chi connectivity index (χ1) is 11.3. The molecule has 118 valence electrons. The van der Waals surface area contributed by atoms with E-state index in [-0.39, 0.29) is 5.91 Å². The zero-order chi connectivity index (χ0) is 16.5. The Bertz CT molecular complexity index is 710. The van der Waals surface area contributed by atoms with E-state index in [9.17, 15) is 10.1 Å². The number of benzene rings is 2. The molecule has 0 spiro atoms. The SMILES string of the molecule is CCOCCNC(=O)c1ccccc1Sc1ccccc1C#N. The number of nitrogens with zero attached hydrogens (tertiary/aromatic N) is 1. The molecule has 0 aliphatic heterocycles. The number of nitrogens with one attached hydrogen (secondary N) is 1. The minimum Gasteiger partial charge on any atom is -0.380 e. The molecule has 0 heterocycles. The molecular formula is C18H18N2O2S. The highest BCUT2D eigenvalue weighted by molar-refractivity contribution is 7.99. The van der Waals surface area contributed by atoms with Gasteiger partial charge in [0.1, 0.15) is 6.07 Å². The van der Waals surface area contributed by atoms with E-state index in [0.717, 1.165) is 9.79 Å². The summed E-state index contributed by atoms with van der Waals surface area (Å²) in [5.41, 5.74) is 1.20. The lowest BCUT2D eigenvalue weighted by Gasteiger charge is -2.10. The molecule has 4 nitrogen and oxygen atoms in total. The summed E-state index contributed by atoms with van der Waals surface area (Å²) >= 11 is 1.42. The number of nitriles is 1. The maximum absolute atomic E-state index is 12.3. The number of carbonyl (C=O) groups excluding carboxylic acids is 1. The predicted octanol–water partition coefficient (Wildman–Crippen LogP) is 3.48. The van der Waals surface area contributed by atoms with E-state index in [1.54, 1.807) is 12.1 Å². The van der Waals surface area contributed by atoms with Crippen LogP contribution < -0.4 is 5.32 Å². The van der Waals surface area contributed by atoms with Crippen LogP contribution in [-0.2, 0) is 4.74 Å². The van der Waals surface area contributed by atoms with Crippen LogP contribution in [0.25, 0.3) is 0 Å². The second-order valence-electron chi connectivity index (χ2n) is 4.66. The molecule has 0 aromatic heterocycles. The summed E-state index contributed by atoms with van der Waals surface area (Å²) in [6, 6.07) is 16.9. The number of carbonyl (C=O) groups is 1. The van der Waals surface area contributed by atoms with Crippen LogP contribution in [0.2, 0.25) is 0 Å². The number of amides is 1. The third kappa shape index (κ3) is 4.85. The molecule has 0 atom stereocenters. The van der Waals surface area contributed by atoms with Gasteiger partial charge in [-0.15, -0.1) is 0 Å². The van der Waals surface area contributed by atoms with Crippen molar-refractivity contribution in [2.45, 2.75) is 16.7 Å². The first-order valence-electron chi connectivity index (χ1n) is 7.38. The molecule has 0 saturated heterocycles. The molecule has 2 aromatic carbocycles. The van der Waals surface area contributed by atoms with Gasteiger partial charge in [-0.1, -0.05) is 36.0 Å². The van der Waals surface area contributed by atoms with Crippen molar-refractivity contribution in [2.24, 2.45) is 0 Å². The normalized spacial score (nSPS) is 10.1. The third-order valence-electron chi connectivity index (χ3n) is 3.10. The second-order valence-corrected chi connectivity index (χ2v) is 5.74. The standard InChI is InChI=1S/C18H18N2O2S/c1-2-22-12-11-20-18(21)15-8-4-6-10-17(15)23-16-9-5-3-7-14(16)13-19/h3-10H,2,11-12H2,1H3,(H,20,21). The lowest BCUT2D eigenvalue weighted by atomic mass is 10.2. The van der Waals surface area contributed by atoms with Crippen LogP contribution in [0.3, 0.4) is 0 Å². The third-order valence-corrected chi connectivity index (χ3v) is 4.25. The highest BCUT2D eigenvalue weighted by Crippen LogP contribution is 2.32. The van der Waals surface area contributed by atoms with Gasteiger partial charge in [-0.25, -0.2) is 0 Å². The Morgan fingerprint density at radius 1 is 1.17 bits per heavy atom. The highest BCUT2D eigenvalue weighted by Gasteiger charge is 2.13. The molecule has 1 N–H and O–H groups in total. The fourth-order valence-corrected chi connectivity index (χ4v) is 3.01. The summed E-state index contributed by atoms with van der Waals surface area (Å²) in [5, 5.41) is 12.0. The summed E-state index contributed by atoms with van der Waals surface area (Å²) in [6.45, 7) is 3.52. The Hall–Kier alpha value is -2.29. The lowest BCUT2D eigenvalue weighted by molar-refractivity contribution is 0.0920. The molecule has 5 heteroatoms. The van der Waals surface area contributed by atoms with Gasteiger partial charge in [-0.2, -0.15) is 5.26 Å². The van der Waals surface area contributed by atoms with Crippen molar-refractivity contribution >= 4 is 17.7 Å². The predicted molar refractivity (Wildman–Crippen MR) is 90.5 cm³/mol. The monoisotopic (exact) mass is 326 g/mol. The molecular weight excluding hydrogens is 308 g/mol. The van der Waals surface area contributed by atoms with Gasteiger partial charge in [0.05, 0.1) is 17.7 Å². The summed E-state index contributed by atoms with van der Waals surface area (Å²) < 4.78 is 5.22. The quantitative estimate of drug-likeness (QED) is 0.791. The molecule has 2 aromatic rings. The van der Waals surface area contributed by atoms with Crippen molar-refractivity contribution in [3.63, 3.8) is 0 Å². The topological polar surface area (TPSA) is 62.1 Å².